The molecule has 0 aliphatic heterocycles. The Kier molecular flexibility index (Phi) is 5.36. The predicted molar refractivity (Wildman–Crippen MR) is 116 cm³/mol. The number of fused-ring (bicyclic) bond motifs is 1. The summed E-state index contributed by atoms with van der Waals surface area (Å²) in [6.45, 7) is 0. The van der Waals surface area contributed by atoms with Crippen molar-refractivity contribution in [3.63, 3.8) is 0 Å². The van der Waals surface area contributed by atoms with E-state index in [0.29, 0.717) is 33.7 Å². The lowest BCUT2D eigenvalue weighted by molar-refractivity contribution is 0.0977. The summed E-state index contributed by atoms with van der Waals surface area (Å²) in [6.07, 6.45) is 0. The van der Waals surface area contributed by atoms with Crippen LogP contribution < -0.4 is 15.4 Å². The van der Waals surface area contributed by atoms with E-state index in [-0.39, 0.29) is 16.8 Å². The molecule has 1 heterocycles. The molecule has 0 aliphatic rings. The summed E-state index contributed by atoms with van der Waals surface area (Å²) in [4.78, 5) is 13.7. The highest BCUT2D eigenvalue weighted by Gasteiger charge is 2.10. The Labute approximate surface area is 176 Å². The first-order valence-electron chi connectivity index (χ1n) is 8.91. The molecule has 30 heavy (non-hydrogen) atoms. The van der Waals surface area contributed by atoms with Gasteiger partial charge in [0.1, 0.15) is 22.6 Å². The van der Waals surface area contributed by atoms with Crippen LogP contribution in [0.25, 0.3) is 16.7 Å². The van der Waals surface area contributed by atoms with Crippen molar-refractivity contribution in [3.05, 3.63) is 78.1 Å². The average Bonchev–Trinajstić information content (AvgIpc) is 3.17. The van der Waals surface area contributed by atoms with Gasteiger partial charge in [0.2, 0.25) is 0 Å². The summed E-state index contributed by atoms with van der Waals surface area (Å²) >= 11 is 5.23. The number of thiocarbonyl (C=S) groups is 1. The molecule has 0 aliphatic carbocycles. The third-order valence-electron chi connectivity index (χ3n) is 4.28. The number of methoxy groups -OCH3 is 1. The maximum absolute atomic E-state index is 13.1. The first-order chi connectivity index (χ1) is 14.5. The molecule has 7 nitrogen and oxygen atoms in total. The lowest BCUT2D eigenvalue weighted by Crippen LogP contribution is -2.34. The van der Waals surface area contributed by atoms with Gasteiger partial charge in [-0.25, -0.2) is 4.39 Å². The highest BCUT2D eigenvalue weighted by Crippen LogP contribution is 2.18. The molecule has 0 fully saturated rings. The van der Waals surface area contributed by atoms with E-state index in [1.54, 1.807) is 61.7 Å². The molecule has 0 saturated heterocycles. The van der Waals surface area contributed by atoms with Crippen molar-refractivity contribution >= 4 is 40.0 Å². The molecule has 4 rings (SSSR count). The number of nitrogens with one attached hydrogen (secondary N) is 2. The number of amides is 1. The number of carbonyl (C=O) groups excluding carboxylic acids is 1. The molecule has 1 amide bonds. The summed E-state index contributed by atoms with van der Waals surface area (Å²) in [5, 5.41) is 14.5. The van der Waals surface area contributed by atoms with Crippen LogP contribution in [-0.4, -0.2) is 33.1 Å². The van der Waals surface area contributed by atoms with Crippen LogP contribution in [0.2, 0.25) is 0 Å². The highest BCUT2D eigenvalue weighted by molar-refractivity contribution is 7.80. The summed E-state index contributed by atoms with van der Waals surface area (Å²) in [6, 6.07) is 17.9. The molecule has 1 aromatic heterocycles. The summed E-state index contributed by atoms with van der Waals surface area (Å²) in [5.74, 6) is -0.000120. The predicted octanol–water partition coefficient (Wildman–Crippen LogP) is 3.70. The average molecular weight is 421 g/mol. The van der Waals surface area contributed by atoms with Crippen molar-refractivity contribution in [3.8, 4) is 11.4 Å². The monoisotopic (exact) mass is 421 g/mol. The van der Waals surface area contributed by atoms with E-state index in [4.69, 9.17) is 17.0 Å². The zero-order chi connectivity index (χ0) is 21.1. The smallest absolute Gasteiger partial charge is 0.257 e. The van der Waals surface area contributed by atoms with Crippen LogP contribution in [-0.2, 0) is 0 Å². The van der Waals surface area contributed by atoms with Crippen LogP contribution in [0.3, 0.4) is 0 Å². The molecular weight excluding hydrogens is 405 g/mol. The second-order valence-electron chi connectivity index (χ2n) is 6.31. The minimum atomic E-state index is -0.335. The van der Waals surface area contributed by atoms with Gasteiger partial charge in [-0.05, 0) is 78.9 Å². The van der Waals surface area contributed by atoms with Crippen LogP contribution in [0.5, 0.6) is 5.75 Å². The van der Waals surface area contributed by atoms with Gasteiger partial charge in [-0.15, -0.1) is 10.2 Å². The van der Waals surface area contributed by atoms with Gasteiger partial charge in [-0.3, -0.25) is 10.1 Å². The quantitative estimate of drug-likeness (QED) is 0.489. The van der Waals surface area contributed by atoms with Crippen LogP contribution in [0.4, 0.5) is 10.1 Å². The van der Waals surface area contributed by atoms with Crippen molar-refractivity contribution in [2.45, 2.75) is 0 Å². The maximum atomic E-state index is 13.1. The minimum absolute atomic E-state index is 0.154. The van der Waals surface area contributed by atoms with Gasteiger partial charge in [-0.2, -0.15) is 4.80 Å². The second-order valence-corrected chi connectivity index (χ2v) is 6.71. The fourth-order valence-electron chi connectivity index (χ4n) is 2.76. The Hall–Kier alpha value is -3.85. The SMILES string of the molecule is COc1ccc(C(=O)NC(=S)Nc2ccc3nn(-c4ccc(F)cc4)nc3c2)cc1. The Bertz CT molecular complexity index is 1220. The lowest BCUT2D eigenvalue weighted by Gasteiger charge is -2.09. The highest BCUT2D eigenvalue weighted by atomic mass is 32.1. The summed E-state index contributed by atoms with van der Waals surface area (Å²) in [5.41, 5.74) is 3.03. The lowest BCUT2D eigenvalue weighted by atomic mass is 10.2. The Balaban J connectivity index is 1.45. The van der Waals surface area contributed by atoms with E-state index in [1.165, 1.54) is 16.9 Å². The van der Waals surface area contributed by atoms with Crippen molar-refractivity contribution < 1.29 is 13.9 Å². The number of anilines is 1. The molecule has 0 unspecified atom stereocenters. The summed E-state index contributed by atoms with van der Waals surface area (Å²) < 4.78 is 18.2. The number of halogens is 1. The number of hydrogen-bond acceptors (Lipinski definition) is 5. The zero-order valence-corrected chi connectivity index (χ0v) is 16.6. The number of ether oxygens (including phenoxy) is 1. The molecule has 9 heteroatoms. The molecule has 2 N–H and O–H groups in total. The second kappa shape index (κ2) is 8.26. The Morgan fingerprint density at radius 1 is 1.00 bits per heavy atom. The first-order valence-corrected chi connectivity index (χ1v) is 9.32. The fourth-order valence-corrected chi connectivity index (χ4v) is 2.97. The third kappa shape index (κ3) is 4.26. The standard InChI is InChI=1S/C21H16FN5O2S/c1-29-17-9-2-13(3-10-17)20(28)24-21(30)23-15-6-11-18-19(12-15)26-27(25-18)16-7-4-14(22)5-8-16/h2-12H,1H3,(H2,23,24,28,30). The van der Waals surface area contributed by atoms with Gasteiger partial charge in [0, 0.05) is 11.3 Å². The number of nitrogens with zero attached hydrogens (tertiary/aromatic N) is 3. The minimum Gasteiger partial charge on any atom is -0.497 e. The molecule has 4 aromatic rings. The molecule has 0 bridgehead atoms. The van der Waals surface area contributed by atoms with E-state index in [9.17, 15) is 9.18 Å². The van der Waals surface area contributed by atoms with Crippen molar-refractivity contribution in [1.82, 2.24) is 20.3 Å². The summed E-state index contributed by atoms with van der Waals surface area (Å²) in [7, 11) is 1.56. The van der Waals surface area contributed by atoms with E-state index >= 15 is 0 Å². The van der Waals surface area contributed by atoms with Gasteiger partial charge < -0.3 is 10.1 Å². The van der Waals surface area contributed by atoms with Crippen molar-refractivity contribution in [1.29, 1.82) is 0 Å². The molecule has 0 radical (unpaired) electrons. The van der Waals surface area contributed by atoms with Gasteiger partial charge in [0.05, 0.1) is 12.8 Å². The van der Waals surface area contributed by atoms with Gasteiger partial charge in [0.15, 0.2) is 5.11 Å². The van der Waals surface area contributed by atoms with Crippen LogP contribution in [0.15, 0.2) is 66.7 Å². The normalized spacial score (nSPS) is 10.6. The van der Waals surface area contributed by atoms with Gasteiger partial charge in [-0.1, -0.05) is 0 Å². The Morgan fingerprint density at radius 3 is 2.40 bits per heavy atom. The van der Waals surface area contributed by atoms with E-state index < -0.39 is 0 Å². The number of benzene rings is 3. The largest absolute Gasteiger partial charge is 0.497 e. The van der Waals surface area contributed by atoms with Crippen molar-refractivity contribution in [2.75, 3.05) is 12.4 Å². The number of rotatable bonds is 4. The van der Waals surface area contributed by atoms with Crippen molar-refractivity contribution in [2.24, 2.45) is 0 Å². The van der Waals surface area contributed by atoms with E-state index in [0.717, 1.165) is 0 Å². The molecule has 0 atom stereocenters. The van der Waals surface area contributed by atoms with Crippen LogP contribution in [0.1, 0.15) is 10.4 Å². The number of aromatic nitrogens is 3. The maximum Gasteiger partial charge on any atom is 0.257 e. The molecular formula is C21H16FN5O2S. The molecule has 3 aromatic carbocycles. The van der Waals surface area contributed by atoms with Crippen LogP contribution >= 0.6 is 12.2 Å². The fraction of sp³-hybridized carbons (Fsp3) is 0.0476. The Morgan fingerprint density at radius 2 is 1.70 bits per heavy atom. The van der Waals surface area contributed by atoms with Crippen LogP contribution in [0, 0.1) is 5.82 Å². The third-order valence-corrected chi connectivity index (χ3v) is 4.48. The van der Waals surface area contributed by atoms with Gasteiger partial charge in [0.25, 0.3) is 5.91 Å². The molecule has 150 valence electrons. The first kappa shape index (κ1) is 19.5. The van der Waals surface area contributed by atoms with Gasteiger partial charge >= 0.3 is 0 Å². The number of carbonyl (C=O) groups is 1. The van der Waals surface area contributed by atoms with E-state index in [2.05, 4.69) is 20.8 Å². The topological polar surface area (TPSA) is 81.1 Å². The molecule has 0 saturated carbocycles. The number of hydrogen-bond donors (Lipinski definition) is 2. The molecule has 0 spiro atoms. The van der Waals surface area contributed by atoms with E-state index in [1.807, 2.05) is 0 Å². The zero-order valence-electron chi connectivity index (χ0n) is 15.8.